The molecule has 2 aromatic rings. The molecule has 0 heterocycles. The Bertz CT molecular complexity index is 823. The number of nitrogens with zero attached hydrogens (tertiary/aromatic N) is 2. The first kappa shape index (κ1) is 18.4. The second kappa shape index (κ2) is 7.29. The number of carbonyl (C=O) groups is 1. The first-order valence-electron chi connectivity index (χ1n) is 6.96. The van der Waals surface area contributed by atoms with Crippen LogP contribution in [-0.2, 0) is 14.8 Å². The number of benzene rings is 2. The Morgan fingerprint density at radius 3 is 2.12 bits per heavy atom. The molecule has 0 aliphatic heterocycles. The molecule has 0 bridgehead atoms. The van der Waals surface area contributed by atoms with E-state index in [0.717, 1.165) is 4.31 Å². The van der Waals surface area contributed by atoms with Gasteiger partial charge in [0.2, 0.25) is 15.9 Å². The molecule has 0 saturated heterocycles. The van der Waals surface area contributed by atoms with Gasteiger partial charge in [-0.15, -0.1) is 0 Å². The van der Waals surface area contributed by atoms with Crippen molar-refractivity contribution in [3.63, 3.8) is 0 Å². The van der Waals surface area contributed by atoms with Crippen molar-refractivity contribution in [2.24, 2.45) is 0 Å². The predicted octanol–water partition coefficient (Wildman–Crippen LogP) is 2.76. The van der Waals surface area contributed by atoms with Crippen LogP contribution in [0, 0.1) is 5.82 Å². The molecule has 0 fully saturated rings. The third kappa shape index (κ3) is 4.11. The molecule has 2 aromatic carbocycles. The Morgan fingerprint density at radius 2 is 1.58 bits per heavy atom. The molecular weight excluding hydrogens is 355 g/mol. The molecule has 0 aliphatic carbocycles. The number of amides is 1. The van der Waals surface area contributed by atoms with Crippen LogP contribution in [0.4, 0.5) is 10.1 Å². The normalized spacial score (nSPS) is 11.5. The first-order chi connectivity index (χ1) is 11.2. The van der Waals surface area contributed by atoms with Crippen molar-refractivity contribution in [3.8, 4) is 0 Å². The van der Waals surface area contributed by atoms with E-state index in [4.69, 9.17) is 11.6 Å². The van der Waals surface area contributed by atoms with Crippen molar-refractivity contribution in [1.82, 2.24) is 4.31 Å². The van der Waals surface area contributed by atoms with E-state index in [0.29, 0.717) is 10.7 Å². The summed E-state index contributed by atoms with van der Waals surface area (Å²) in [6.07, 6.45) is 0. The summed E-state index contributed by atoms with van der Waals surface area (Å²) in [4.78, 5) is 13.6. The summed E-state index contributed by atoms with van der Waals surface area (Å²) in [5, 5.41) is 0.420. The molecule has 0 atom stereocenters. The van der Waals surface area contributed by atoms with Gasteiger partial charge in [-0.2, -0.15) is 4.31 Å². The Balaban J connectivity index is 2.12. The molecule has 0 unspecified atom stereocenters. The molecule has 24 heavy (non-hydrogen) atoms. The highest BCUT2D eigenvalue weighted by atomic mass is 35.5. The number of anilines is 1. The van der Waals surface area contributed by atoms with E-state index in [-0.39, 0.29) is 11.4 Å². The lowest BCUT2D eigenvalue weighted by Crippen LogP contribution is -2.39. The van der Waals surface area contributed by atoms with E-state index in [1.54, 1.807) is 0 Å². The third-order valence-corrected chi connectivity index (χ3v) is 5.54. The molecule has 0 saturated carbocycles. The molecular formula is C16H16ClFN2O3S. The second-order valence-electron chi connectivity index (χ2n) is 5.14. The van der Waals surface area contributed by atoms with Gasteiger partial charge in [0.25, 0.3) is 0 Å². The van der Waals surface area contributed by atoms with E-state index < -0.39 is 21.7 Å². The Labute approximate surface area is 145 Å². The summed E-state index contributed by atoms with van der Waals surface area (Å²) in [6.45, 7) is -0.348. The zero-order valence-corrected chi connectivity index (χ0v) is 14.7. The molecule has 5 nitrogen and oxygen atoms in total. The predicted molar refractivity (Wildman–Crippen MR) is 91.1 cm³/mol. The number of sulfonamides is 1. The van der Waals surface area contributed by atoms with Crippen molar-refractivity contribution in [1.29, 1.82) is 0 Å². The van der Waals surface area contributed by atoms with E-state index in [1.165, 1.54) is 67.5 Å². The number of rotatable bonds is 5. The van der Waals surface area contributed by atoms with Gasteiger partial charge in [-0.25, -0.2) is 12.8 Å². The average Bonchev–Trinajstić information content (AvgIpc) is 2.55. The van der Waals surface area contributed by atoms with Crippen molar-refractivity contribution >= 4 is 33.2 Å². The molecule has 1 amide bonds. The molecule has 128 valence electrons. The van der Waals surface area contributed by atoms with Gasteiger partial charge in [-0.05, 0) is 48.5 Å². The van der Waals surface area contributed by atoms with Crippen molar-refractivity contribution in [2.75, 3.05) is 25.5 Å². The van der Waals surface area contributed by atoms with E-state index in [2.05, 4.69) is 0 Å². The fourth-order valence-electron chi connectivity index (χ4n) is 1.98. The highest BCUT2D eigenvalue weighted by Gasteiger charge is 2.24. The van der Waals surface area contributed by atoms with Gasteiger partial charge in [-0.1, -0.05) is 11.6 Å². The first-order valence-corrected chi connectivity index (χ1v) is 8.77. The highest BCUT2D eigenvalue weighted by molar-refractivity contribution is 7.89. The fraction of sp³-hybridized carbons (Fsp3) is 0.188. The van der Waals surface area contributed by atoms with Crippen LogP contribution in [0.1, 0.15) is 0 Å². The lowest BCUT2D eigenvalue weighted by atomic mass is 10.3. The van der Waals surface area contributed by atoms with Crippen LogP contribution in [0.3, 0.4) is 0 Å². The number of hydrogen-bond acceptors (Lipinski definition) is 3. The van der Waals surface area contributed by atoms with Crippen molar-refractivity contribution < 1.29 is 17.6 Å². The van der Waals surface area contributed by atoms with Crippen LogP contribution in [0.25, 0.3) is 0 Å². The fourth-order valence-corrected chi connectivity index (χ4v) is 3.22. The highest BCUT2D eigenvalue weighted by Crippen LogP contribution is 2.18. The van der Waals surface area contributed by atoms with E-state index in [9.17, 15) is 17.6 Å². The average molecular weight is 371 g/mol. The zero-order chi connectivity index (χ0) is 17.9. The van der Waals surface area contributed by atoms with Gasteiger partial charge < -0.3 is 4.90 Å². The smallest absolute Gasteiger partial charge is 0.243 e. The Morgan fingerprint density at radius 1 is 1.04 bits per heavy atom. The number of likely N-dealkylation sites (N-methyl/N-ethyl adjacent to an activating group) is 2. The number of carbonyl (C=O) groups excluding carboxylic acids is 1. The maximum absolute atomic E-state index is 12.9. The minimum absolute atomic E-state index is 0.0478. The summed E-state index contributed by atoms with van der Waals surface area (Å²) in [6, 6.07) is 11.0. The maximum atomic E-state index is 12.9. The number of hydrogen-bond donors (Lipinski definition) is 0. The lowest BCUT2D eigenvalue weighted by molar-refractivity contribution is -0.118. The molecule has 8 heteroatoms. The van der Waals surface area contributed by atoms with Crippen LogP contribution in [0.2, 0.25) is 5.02 Å². The van der Waals surface area contributed by atoms with E-state index >= 15 is 0 Å². The molecule has 0 aromatic heterocycles. The van der Waals surface area contributed by atoms with Gasteiger partial charge in [0.1, 0.15) is 5.82 Å². The van der Waals surface area contributed by atoms with Crippen LogP contribution < -0.4 is 4.90 Å². The summed E-state index contributed by atoms with van der Waals surface area (Å²) < 4.78 is 38.8. The Hall–Kier alpha value is -1.96. The van der Waals surface area contributed by atoms with Crippen LogP contribution in [0.15, 0.2) is 53.4 Å². The SMILES string of the molecule is CN(C(=O)CN(C)S(=O)(=O)c1ccc(Cl)cc1)c1ccc(F)cc1. The molecule has 0 spiro atoms. The van der Waals surface area contributed by atoms with Gasteiger partial charge in [0, 0.05) is 24.8 Å². The van der Waals surface area contributed by atoms with Crippen LogP contribution in [0.5, 0.6) is 0 Å². The zero-order valence-electron chi connectivity index (χ0n) is 13.1. The monoisotopic (exact) mass is 370 g/mol. The summed E-state index contributed by atoms with van der Waals surface area (Å²) in [5.74, 6) is -0.858. The molecule has 2 rings (SSSR count). The molecule has 0 N–H and O–H groups in total. The quantitative estimate of drug-likeness (QED) is 0.813. The largest absolute Gasteiger partial charge is 0.314 e. The molecule has 0 aliphatic rings. The minimum atomic E-state index is -3.81. The topological polar surface area (TPSA) is 57.7 Å². The van der Waals surface area contributed by atoms with Gasteiger partial charge >= 0.3 is 0 Å². The summed E-state index contributed by atoms with van der Waals surface area (Å²) >= 11 is 5.75. The molecule has 0 radical (unpaired) electrons. The van der Waals surface area contributed by atoms with Gasteiger partial charge in [0.15, 0.2) is 0 Å². The number of halogens is 2. The maximum Gasteiger partial charge on any atom is 0.243 e. The second-order valence-corrected chi connectivity index (χ2v) is 7.63. The lowest BCUT2D eigenvalue weighted by Gasteiger charge is -2.22. The van der Waals surface area contributed by atoms with Crippen molar-refractivity contribution in [3.05, 3.63) is 59.4 Å². The van der Waals surface area contributed by atoms with Crippen LogP contribution in [-0.4, -0.2) is 39.3 Å². The van der Waals surface area contributed by atoms with Gasteiger partial charge in [-0.3, -0.25) is 4.79 Å². The van der Waals surface area contributed by atoms with Gasteiger partial charge in [0.05, 0.1) is 11.4 Å². The third-order valence-electron chi connectivity index (χ3n) is 3.47. The van der Waals surface area contributed by atoms with Crippen LogP contribution >= 0.6 is 11.6 Å². The minimum Gasteiger partial charge on any atom is -0.314 e. The Kier molecular flexibility index (Phi) is 5.58. The van der Waals surface area contributed by atoms with Crippen molar-refractivity contribution in [2.45, 2.75) is 4.90 Å². The standard InChI is InChI=1S/C16H16ClFN2O3S/c1-19(24(22,23)15-9-3-12(17)4-10-15)11-16(21)20(2)14-7-5-13(18)6-8-14/h3-10H,11H2,1-2H3. The van der Waals surface area contributed by atoms with E-state index in [1.807, 2.05) is 0 Å². The summed E-state index contributed by atoms with van der Waals surface area (Å²) in [7, 11) is -0.988. The summed E-state index contributed by atoms with van der Waals surface area (Å²) in [5.41, 5.74) is 0.471.